The van der Waals surface area contributed by atoms with Crippen LogP contribution < -0.4 is 16.8 Å². The molecule has 0 aromatic rings. The number of hydrogen-bond acceptors (Lipinski definition) is 7. The summed E-state index contributed by atoms with van der Waals surface area (Å²) in [6.07, 6.45) is 5.28. The fourth-order valence-electron chi connectivity index (χ4n) is 2.94. The van der Waals surface area contributed by atoms with Crippen LogP contribution in [0.25, 0.3) is 0 Å². The summed E-state index contributed by atoms with van der Waals surface area (Å²) in [5.74, 6) is -0.380. The van der Waals surface area contributed by atoms with E-state index in [2.05, 4.69) is 42.3 Å². The highest BCUT2D eigenvalue weighted by Crippen LogP contribution is 2.08. The van der Waals surface area contributed by atoms with Gasteiger partial charge in [-0.15, -0.1) is 0 Å². The monoisotopic (exact) mass is 503 g/mol. The van der Waals surface area contributed by atoms with Crippen molar-refractivity contribution in [1.82, 2.24) is 10.2 Å². The summed E-state index contributed by atoms with van der Waals surface area (Å²) < 4.78 is 5.09. The molecular weight excluding hydrogens is 462 g/mol. The van der Waals surface area contributed by atoms with E-state index in [1.807, 2.05) is 0 Å². The zero-order chi connectivity index (χ0) is 27.7. The predicted octanol–water partition coefficient (Wildman–Crippen LogP) is 2.34. The number of aliphatic imine (C=N–C) groups is 2. The Labute approximate surface area is 213 Å². The summed E-state index contributed by atoms with van der Waals surface area (Å²) in [6, 6.07) is -0.933. The molecule has 0 saturated heterocycles. The first-order chi connectivity index (χ1) is 17.0. The Bertz CT molecular complexity index is 889. The molecule has 2 amide bonds. The van der Waals surface area contributed by atoms with Crippen molar-refractivity contribution in [2.75, 3.05) is 26.7 Å². The fourth-order valence-corrected chi connectivity index (χ4v) is 2.94. The number of carbonyl (C=O) groups is 3. The molecule has 0 bridgehead atoms. The lowest BCUT2D eigenvalue weighted by molar-refractivity contribution is -0.125. The molecule has 6 N–H and O–H groups in total. The van der Waals surface area contributed by atoms with Crippen LogP contribution in [0.4, 0.5) is 4.79 Å². The van der Waals surface area contributed by atoms with Gasteiger partial charge in [0.05, 0.1) is 18.8 Å². The number of nitrogens with one attached hydrogen (secondary N) is 2. The molecule has 0 heterocycles. The predicted molar refractivity (Wildman–Crippen MR) is 144 cm³/mol. The Morgan fingerprint density at radius 1 is 1.19 bits per heavy atom. The molecule has 0 aliphatic carbocycles. The van der Waals surface area contributed by atoms with Gasteiger partial charge in [-0.3, -0.25) is 14.6 Å². The fraction of sp³-hybridized carbons (Fsp3) is 0.520. The summed E-state index contributed by atoms with van der Waals surface area (Å²) in [4.78, 5) is 46.2. The van der Waals surface area contributed by atoms with Gasteiger partial charge in [-0.25, -0.2) is 9.79 Å². The molecule has 0 aliphatic heterocycles. The SMILES string of the molecule is C=C(/C=C\C)COC(=O)N[C@@H](CCC(=O)C=N)C(N)=NC(=C)C(=O)N(C)CC(N)=NCC(CC)CC. The third kappa shape index (κ3) is 13.2. The van der Waals surface area contributed by atoms with Gasteiger partial charge in [0.25, 0.3) is 5.91 Å². The van der Waals surface area contributed by atoms with Crippen molar-refractivity contribution in [3.63, 3.8) is 0 Å². The zero-order valence-corrected chi connectivity index (χ0v) is 21.9. The van der Waals surface area contributed by atoms with Gasteiger partial charge in [0, 0.05) is 20.0 Å². The van der Waals surface area contributed by atoms with Crippen LogP contribution in [0, 0.1) is 11.3 Å². The standard InChI is InChI=1S/C25H41N7O4/c1-7-10-17(4)16-36-25(35)31-21(12-11-20(33)13-26)23(28)30-18(5)24(34)32(6)15-22(27)29-14-19(8-2)9-3/h7,10,13,19,21,26H,4-5,8-9,11-12,14-16H2,1-3,6H3,(H2,27,29)(H2,28,30)(H,31,35)/b10-7-,26-13?/t21-/m0/s1. The zero-order valence-electron chi connectivity index (χ0n) is 21.9. The van der Waals surface area contributed by atoms with E-state index in [4.69, 9.17) is 21.6 Å². The lowest BCUT2D eigenvalue weighted by Gasteiger charge is -2.20. The number of amides is 2. The molecule has 11 nitrogen and oxygen atoms in total. The van der Waals surface area contributed by atoms with Gasteiger partial charge >= 0.3 is 6.09 Å². The Kier molecular flexibility index (Phi) is 15.8. The third-order valence-electron chi connectivity index (χ3n) is 5.24. The molecule has 0 aromatic carbocycles. The van der Waals surface area contributed by atoms with Crippen molar-refractivity contribution in [1.29, 1.82) is 5.41 Å². The number of hydrogen-bond donors (Lipinski definition) is 4. The molecule has 0 radical (unpaired) electrons. The van der Waals surface area contributed by atoms with Crippen LogP contribution in [-0.2, 0) is 14.3 Å². The first-order valence-corrected chi connectivity index (χ1v) is 11.8. The van der Waals surface area contributed by atoms with Crippen molar-refractivity contribution in [3.05, 3.63) is 36.6 Å². The lowest BCUT2D eigenvalue weighted by Crippen LogP contribution is -2.45. The number of amidine groups is 2. The Hall–Kier alpha value is -3.76. The molecule has 0 aliphatic rings. The smallest absolute Gasteiger partial charge is 0.408 e. The van der Waals surface area contributed by atoms with E-state index >= 15 is 0 Å². The normalized spacial score (nSPS) is 12.8. The highest BCUT2D eigenvalue weighted by atomic mass is 16.5. The first-order valence-electron chi connectivity index (χ1n) is 11.8. The Balaban J connectivity index is 5.32. The number of allylic oxidation sites excluding steroid dienone is 1. The number of ether oxygens (including phenoxy) is 1. The Morgan fingerprint density at radius 2 is 1.83 bits per heavy atom. The second-order valence-electron chi connectivity index (χ2n) is 8.24. The second-order valence-corrected chi connectivity index (χ2v) is 8.24. The summed E-state index contributed by atoms with van der Waals surface area (Å²) in [7, 11) is 1.53. The van der Waals surface area contributed by atoms with E-state index in [0.717, 1.165) is 12.8 Å². The van der Waals surface area contributed by atoms with Crippen molar-refractivity contribution in [2.45, 2.75) is 52.5 Å². The minimum atomic E-state index is -0.933. The molecule has 0 fully saturated rings. The maximum Gasteiger partial charge on any atom is 0.408 e. The minimum Gasteiger partial charge on any atom is -0.445 e. The van der Waals surface area contributed by atoms with Gasteiger partial charge in [0.2, 0.25) is 0 Å². The molecule has 11 heteroatoms. The maximum atomic E-state index is 12.7. The third-order valence-corrected chi connectivity index (χ3v) is 5.24. The van der Waals surface area contributed by atoms with Crippen LogP contribution in [0.5, 0.6) is 0 Å². The van der Waals surface area contributed by atoms with E-state index in [1.165, 1.54) is 11.9 Å². The van der Waals surface area contributed by atoms with Crippen LogP contribution in [0.3, 0.4) is 0 Å². The highest BCUT2D eigenvalue weighted by Gasteiger charge is 2.21. The van der Waals surface area contributed by atoms with Gasteiger partial charge in [0.15, 0.2) is 5.78 Å². The molecule has 1 atom stereocenters. The van der Waals surface area contributed by atoms with E-state index in [0.29, 0.717) is 30.1 Å². The summed E-state index contributed by atoms with van der Waals surface area (Å²) >= 11 is 0. The van der Waals surface area contributed by atoms with Crippen molar-refractivity contribution < 1.29 is 19.1 Å². The average molecular weight is 504 g/mol. The van der Waals surface area contributed by atoms with E-state index in [9.17, 15) is 14.4 Å². The van der Waals surface area contributed by atoms with E-state index < -0.39 is 23.8 Å². The summed E-state index contributed by atoms with van der Waals surface area (Å²) in [6.45, 7) is 14.0. The number of ketones is 1. The topological polar surface area (TPSA) is 176 Å². The van der Waals surface area contributed by atoms with Crippen molar-refractivity contribution in [3.8, 4) is 0 Å². The second kappa shape index (κ2) is 17.6. The molecule has 0 spiro atoms. The number of alkyl carbamates (subject to hydrolysis) is 1. The average Bonchev–Trinajstić information content (AvgIpc) is 2.84. The quantitative estimate of drug-likeness (QED) is 0.102. The van der Waals surface area contributed by atoms with Crippen molar-refractivity contribution >= 4 is 35.7 Å². The molecular formula is C25H41N7O4. The highest BCUT2D eigenvalue weighted by molar-refractivity contribution is 6.26. The maximum absolute atomic E-state index is 12.7. The molecule has 0 saturated carbocycles. The number of nitrogens with two attached hydrogens (primary N) is 2. The van der Waals surface area contributed by atoms with Crippen LogP contribution in [0.2, 0.25) is 0 Å². The van der Waals surface area contributed by atoms with Gasteiger partial charge in [-0.1, -0.05) is 52.0 Å². The number of Topliss-reactive ketones (excluding diaryl/α,β-unsaturated/α-hetero) is 1. The minimum absolute atomic E-state index is 0.0431. The summed E-state index contributed by atoms with van der Waals surface area (Å²) in [5, 5.41) is 9.58. The van der Waals surface area contributed by atoms with Gasteiger partial charge < -0.3 is 31.8 Å². The molecule has 0 unspecified atom stereocenters. The van der Waals surface area contributed by atoms with Crippen LogP contribution in [0.1, 0.15) is 46.5 Å². The van der Waals surface area contributed by atoms with Crippen LogP contribution >= 0.6 is 0 Å². The van der Waals surface area contributed by atoms with Gasteiger partial charge in [0.1, 0.15) is 24.0 Å². The lowest BCUT2D eigenvalue weighted by atomic mass is 10.0. The molecule has 36 heavy (non-hydrogen) atoms. The van der Waals surface area contributed by atoms with Crippen LogP contribution in [-0.4, -0.2) is 73.4 Å². The largest absolute Gasteiger partial charge is 0.445 e. The summed E-state index contributed by atoms with van der Waals surface area (Å²) in [5.41, 5.74) is 12.4. The molecule has 0 aromatic heterocycles. The number of carbonyl (C=O) groups excluding carboxylic acids is 3. The Morgan fingerprint density at radius 3 is 2.39 bits per heavy atom. The van der Waals surface area contributed by atoms with Crippen molar-refractivity contribution in [2.24, 2.45) is 27.4 Å². The number of nitrogens with zero attached hydrogens (tertiary/aromatic N) is 3. The molecule has 200 valence electrons. The number of likely N-dealkylation sites (N-methyl/N-ethyl adjacent to an activating group) is 1. The van der Waals surface area contributed by atoms with Crippen LogP contribution in [0.15, 0.2) is 46.6 Å². The number of rotatable bonds is 17. The van der Waals surface area contributed by atoms with E-state index in [1.54, 1.807) is 19.1 Å². The first kappa shape index (κ1) is 32.2. The molecule has 0 rings (SSSR count). The van der Waals surface area contributed by atoms with Gasteiger partial charge in [-0.2, -0.15) is 0 Å². The van der Waals surface area contributed by atoms with E-state index in [-0.39, 0.29) is 37.5 Å². The van der Waals surface area contributed by atoms with Gasteiger partial charge in [-0.05, 0) is 24.8 Å².